The lowest BCUT2D eigenvalue weighted by Gasteiger charge is -2.10. The Bertz CT molecular complexity index is 291. The number of nitrogens with zero attached hydrogens (tertiary/aromatic N) is 2. The highest BCUT2D eigenvalue weighted by Gasteiger charge is 2.04. The second kappa shape index (κ2) is 4.67. The quantitative estimate of drug-likeness (QED) is 0.480. The first-order chi connectivity index (χ1) is 6.13. The van der Waals surface area contributed by atoms with Gasteiger partial charge in [0.05, 0.1) is 11.9 Å². The third-order valence-electron chi connectivity index (χ3n) is 1.35. The summed E-state index contributed by atoms with van der Waals surface area (Å²) in [4.78, 5) is 8.22. The van der Waals surface area contributed by atoms with E-state index in [0.29, 0.717) is 16.4 Å². The first-order valence-electron chi connectivity index (χ1n) is 3.96. The molecular formula is C8H12ClN3S. The van der Waals surface area contributed by atoms with E-state index in [9.17, 15) is 0 Å². The van der Waals surface area contributed by atoms with Gasteiger partial charge >= 0.3 is 0 Å². The molecular weight excluding hydrogens is 206 g/mol. The van der Waals surface area contributed by atoms with Gasteiger partial charge < -0.3 is 5.32 Å². The zero-order valence-corrected chi connectivity index (χ0v) is 9.41. The molecule has 0 unspecified atom stereocenters. The van der Waals surface area contributed by atoms with E-state index in [1.165, 1.54) is 11.8 Å². The summed E-state index contributed by atoms with van der Waals surface area (Å²) in [6.45, 7) is 4.08. The highest BCUT2D eigenvalue weighted by atomic mass is 35.5. The highest BCUT2D eigenvalue weighted by molar-refractivity contribution is 7.98. The van der Waals surface area contributed by atoms with Gasteiger partial charge in [0.1, 0.15) is 0 Å². The zero-order chi connectivity index (χ0) is 9.84. The minimum absolute atomic E-state index is 0.334. The number of hydrogen-bond donors (Lipinski definition) is 1. The largest absolute Gasteiger partial charge is 0.379 e. The number of anilines is 1. The van der Waals surface area contributed by atoms with Gasteiger partial charge in [-0.25, -0.2) is 9.97 Å². The van der Waals surface area contributed by atoms with Crippen LogP contribution in [0.1, 0.15) is 13.8 Å². The van der Waals surface area contributed by atoms with E-state index in [4.69, 9.17) is 11.6 Å². The number of thioether (sulfide) groups is 1. The average Bonchev–Trinajstić information content (AvgIpc) is 2.08. The molecule has 0 amide bonds. The van der Waals surface area contributed by atoms with Crippen molar-refractivity contribution in [3.8, 4) is 0 Å². The fraction of sp³-hybridized carbons (Fsp3) is 0.500. The van der Waals surface area contributed by atoms with Gasteiger partial charge in [0, 0.05) is 6.04 Å². The summed E-state index contributed by atoms with van der Waals surface area (Å²) in [5.74, 6) is 0. The molecule has 0 bridgehead atoms. The minimum atomic E-state index is 0.334. The van der Waals surface area contributed by atoms with Gasteiger partial charge in [0.2, 0.25) is 0 Å². The lowest BCUT2D eigenvalue weighted by molar-refractivity contribution is 0.883. The maximum Gasteiger partial charge on any atom is 0.188 e. The summed E-state index contributed by atoms with van der Waals surface area (Å²) in [7, 11) is 0. The van der Waals surface area contributed by atoms with Crippen LogP contribution in [0.25, 0.3) is 0 Å². The van der Waals surface area contributed by atoms with Gasteiger partial charge in [-0.3, -0.25) is 0 Å². The molecule has 0 radical (unpaired) electrons. The molecule has 5 heteroatoms. The van der Waals surface area contributed by atoms with Crippen LogP contribution in [0.5, 0.6) is 0 Å². The Morgan fingerprint density at radius 3 is 2.69 bits per heavy atom. The van der Waals surface area contributed by atoms with Gasteiger partial charge in [-0.2, -0.15) is 0 Å². The molecule has 0 aliphatic heterocycles. The van der Waals surface area contributed by atoms with Crippen LogP contribution in [0.4, 0.5) is 5.69 Å². The monoisotopic (exact) mass is 217 g/mol. The van der Waals surface area contributed by atoms with Crippen molar-refractivity contribution in [3.63, 3.8) is 0 Å². The highest BCUT2D eigenvalue weighted by Crippen LogP contribution is 2.21. The maximum atomic E-state index is 5.93. The molecule has 72 valence electrons. The molecule has 1 rings (SSSR count). The van der Waals surface area contributed by atoms with Crippen molar-refractivity contribution >= 4 is 29.1 Å². The molecule has 1 N–H and O–H groups in total. The van der Waals surface area contributed by atoms with Crippen LogP contribution in [0.15, 0.2) is 11.4 Å². The van der Waals surface area contributed by atoms with Crippen LogP contribution in [-0.2, 0) is 0 Å². The normalized spacial score (nSPS) is 10.5. The topological polar surface area (TPSA) is 37.8 Å². The predicted molar refractivity (Wildman–Crippen MR) is 57.6 cm³/mol. The third-order valence-corrected chi connectivity index (χ3v) is 2.20. The Morgan fingerprint density at radius 1 is 1.54 bits per heavy atom. The van der Waals surface area contributed by atoms with Crippen molar-refractivity contribution in [1.82, 2.24) is 9.97 Å². The van der Waals surface area contributed by atoms with Crippen LogP contribution in [0.3, 0.4) is 0 Å². The van der Waals surface area contributed by atoms with E-state index in [0.717, 1.165) is 5.69 Å². The molecule has 0 aliphatic rings. The Hall–Kier alpha value is -0.480. The number of halogens is 1. The second-order valence-electron chi connectivity index (χ2n) is 2.86. The number of nitrogens with one attached hydrogen (secondary N) is 1. The van der Waals surface area contributed by atoms with Crippen molar-refractivity contribution in [1.29, 1.82) is 0 Å². The van der Waals surface area contributed by atoms with Crippen LogP contribution < -0.4 is 5.32 Å². The second-order valence-corrected chi connectivity index (χ2v) is 3.99. The number of rotatable bonds is 3. The minimum Gasteiger partial charge on any atom is -0.379 e. The van der Waals surface area contributed by atoms with Crippen LogP contribution >= 0.6 is 23.4 Å². The molecule has 0 saturated carbocycles. The van der Waals surface area contributed by atoms with Gasteiger partial charge in [-0.1, -0.05) is 23.4 Å². The van der Waals surface area contributed by atoms with E-state index < -0.39 is 0 Å². The standard InChI is InChI=1S/C8H12ClN3S/c1-5(2)11-6-4-10-8(13-3)12-7(6)9/h4-5,11H,1-3H3. The van der Waals surface area contributed by atoms with E-state index >= 15 is 0 Å². The van der Waals surface area contributed by atoms with Gasteiger partial charge in [0.15, 0.2) is 10.3 Å². The Kier molecular flexibility index (Phi) is 3.81. The summed E-state index contributed by atoms with van der Waals surface area (Å²) >= 11 is 7.40. The summed E-state index contributed by atoms with van der Waals surface area (Å²) in [5, 5.41) is 4.33. The van der Waals surface area contributed by atoms with Crippen molar-refractivity contribution in [2.75, 3.05) is 11.6 Å². The lowest BCUT2D eigenvalue weighted by Crippen LogP contribution is -2.10. The number of aromatic nitrogens is 2. The van der Waals surface area contributed by atoms with E-state index in [2.05, 4.69) is 15.3 Å². The molecule has 1 aromatic heterocycles. The third kappa shape index (κ3) is 3.04. The molecule has 0 saturated heterocycles. The van der Waals surface area contributed by atoms with Crippen molar-refractivity contribution in [2.45, 2.75) is 25.0 Å². The molecule has 1 heterocycles. The predicted octanol–water partition coefficient (Wildman–Crippen LogP) is 2.67. The van der Waals surface area contributed by atoms with E-state index in [1.54, 1.807) is 6.20 Å². The maximum absolute atomic E-state index is 5.93. The Morgan fingerprint density at radius 2 is 2.23 bits per heavy atom. The number of hydrogen-bond acceptors (Lipinski definition) is 4. The van der Waals surface area contributed by atoms with Gasteiger partial charge in [-0.05, 0) is 20.1 Å². The molecule has 0 atom stereocenters. The van der Waals surface area contributed by atoms with Crippen molar-refractivity contribution in [2.24, 2.45) is 0 Å². The molecule has 0 aliphatic carbocycles. The average molecular weight is 218 g/mol. The van der Waals surface area contributed by atoms with E-state index in [1.807, 2.05) is 20.1 Å². The zero-order valence-electron chi connectivity index (χ0n) is 7.84. The Labute approximate surface area is 87.3 Å². The van der Waals surface area contributed by atoms with E-state index in [-0.39, 0.29) is 0 Å². The van der Waals surface area contributed by atoms with Gasteiger partial charge in [-0.15, -0.1) is 0 Å². The summed E-state index contributed by atoms with van der Waals surface area (Å²) in [5.41, 5.74) is 0.787. The van der Waals surface area contributed by atoms with Crippen molar-refractivity contribution < 1.29 is 0 Å². The molecule has 3 nitrogen and oxygen atoms in total. The van der Waals surface area contributed by atoms with Crippen LogP contribution in [0.2, 0.25) is 5.15 Å². The Balaban J connectivity index is 2.85. The summed E-state index contributed by atoms with van der Waals surface area (Å²) in [6.07, 6.45) is 3.63. The fourth-order valence-electron chi connectivity index (χ4n) is 0.852. The van der Waals surface area contributed by atoms with Crippen molar-refractivity contribution in [3.05, 3.63) is 11.3 Å². The molecule has 0 spiro atoms. The summed E-state index contributed by atoms with van der Waals surface area (Å²) < 4.78 is 0. The molecule has 0 aromatic carbocycles. The van der Waals surface area contributed by atoms with Gasteiger partial charge in [0.25, 0.3) is 0 Å². The fourth-order valence-corrected chi connectivity index (χ4v) is 1.43. The lowest BCUT2D eigenvalue weighted by atomic mass is 10.4. The summed E-state index contributed by atoms with van der Waals surface area (Å²) in [6, 6.07) is 0.334. The SMILES string of the molecule is CSc1ncc(NC(C)C)c(Cl)n1. The molecule has 13 heavy (non-hydrogen) atoms. The first-order valence-corrected chi connectivity index (χ1v) is 5.57. The molecule has 0 fully saturated rings. The molecule has 1 aromatic rings. The smallest absolute Gasteiger partial charge is 0.188 e. The van der Waals surface area contributed by atoms with Crippen LogP contribution in [0, 0.1) is 0 Å². The van der Waals surface area contributed by atoms with Crippen LogP contribution in [-0.4, -0.2) is 22.3 Å². The first kappa shape index (κ1) is 10.6.